The van der Waals surface area contributed by atoms with Crippen LogP contribution in [0.15, 0.2) is 35.3 Å². The lowest BCUT2D eigenvalue weighted by Crippen LogP contribution is -2.43. The van der Waals surface area contributed by atoms with Crippen molar-refractivity contribution in [3.63, 3.8) is 0 Å². The van der Waals surface area contributed by atoms with Crippen molar-refractivity contribution in [1.29, 1.82) is 0 Å². The molecule has 174 valence electrons. The van der Waals surface area contributed by atoms with E-state index in [0.29, 0.717) is 11.3 Å². The fourth-order valence-corrected chi connectivity index (χ4v) is 3.27. The molecule has 0 fully saturated rings. The average molecular weight is 450 g/mol. The van der Waals surface area contributed by atoms with Gasteiger partial charge in [-0.15, -0.1) is 0 Å². The average Bonchev–Trinajstić information content (AvgIpc) is 2.77. The summed E-state index contributed by atoms with van der Waals surface area (Å²) in [5, 5.41) is 0. The van der Waals surface area contributed by atoms with Gasteiger partial charge in [0.05, 0.1) is 38.5 Å². The fraction of sp³-hybridized carbons (Fsp3) is 0.455. The molecule has 0 radical (unpaired) electrons. The Bertz CT molecular complexity index is 943. The third kappa shape index (κ3) is 5.91. The van der Waals surface area contributed by atoms with Gasteiger partial charge >= 0.3 is 11.9 Å². The minimum absolute atomic E-state index is 0.0126. The van der Waals surface area contributed by atoms with Gasteiger partial charge in [-0.05, 0) is 38.5 Å². The molecule has 9 nitrogen and oxygen atoms in total. The van der Waals surface area contributed by atoms with E-state index in [1.54, 1.807) is 45.0 Å². The van der Waals surface area contributed by atoms with E-state index >= 15 is 0 Å². The largest absolute Gasteiger partial charge is 0.497 e. The molecule has 1 heterocycles. The smallest absolute Gasteiger partial charge is 0.323 e. The van der Waals surface area contributed by atoms with Crippen molar-refractivity contribution in [3.05, 3.63) is 58.0 Å². The van der Waals surface area contributed by atoms with Gasteiger partial charge in [-0.2, -0.15) is 4.39 Å². The Morgan fingerprint density at radius 2 is 1.62 bits per heavy atom. The number of hydrogen-bond acceptors (Lipinski definition) is 8. The van der Waals surface area contributed by atoms with Crippen LogP contribution >= 0.6 is 0 Å². The molecule has 0 aliphatic rings. The number of ether oxygens (including phenoxy) is 4. The highest BCUT2D eigenvalue weighted by molar-refractivity contribution is 5.96. The van der Waals surface area contributed by atoms with E-state index in [1.807, 2.05) is 0 Å². The number of rotatable bonds is 11. The molecule has 2 aromatic rings. The van der Waals surface area contributed by atoms with E-state index < -0.39 is 41.3 Å². The number of nitrogens with one attached hydrogen (secondary N) is 1. The quantitative estimate of drug-likeness (QED) is 0.409. The van der Waals surface area contributed by atoms with Crippen LogP contribution in [0.2, 0.25) is 0 Å². The van der Waals surface area contributed by atoms with E-state index in [4.69, 9.17) is 18.9 Å². The van der Waals surface area contributed by atoms with Gasteiger partial charge in [0.15, 0.2) is 5.92 Å². The Morgan fingerprint density at radius 3 is 2.09 bits per heavy atom. The van der Waals surface area contributed by atoms with Gasteiger partial charge < -0.3 is 23.9 Å². The Balaban J connectivity index is 2.69. The normalized spacial score (nSPS) is 12.8. The minimum Gasteiger partial charge on any atom is -0.497 e. The van der Waals surface area contributed by atoms with E-state index in [2.05, 4.69) is 9.97 Å². The molecule has 10 heteroatoms. The number of aromatic nitrogens is 2. The number of aromatic amines is 1. The highest BCUT2D eigenvalue weighted by atomic mass is 19.1. The molecule has 1 N–H and O–H groups in total. The van der Waals surface area contributed by atoms with Gasteiger partial charge in [0, 0.05) is 6.61 Å². The Morgan fingerprint density at radius 1 is 1.03 bits per heavy atom. The first-order valence-electron chi connectivity index (χ1n) is 10.2. The highest BCUT2D eigenvalue weighted by Crippen LogP contribution is 2.34. The molecule has 1 aromatic carbocycles. The second-order valence-corrected chi connectivity index (χ2v) is 6.60. The number of methoxy groups -OCH3 is 1. The van der Waals surface area contributed by atoms with Crippen molar-refractivity contribution >= 4 is 11.9 Å². The summed E-state index contributed by atoms with van der Waals surface area (Å²) in [7, 11) is 1.51. The summed E-state index contributed by atoms with van der Waals surface area (Å²) in [5.74, 6) is -4.58. The number of esters is 2. The standard InChI is InChI=1S/C22H27FN2O7/c1-5-30-18(17(21(27)31-6-2)22(28)32-7-3)16(13-8-10-14(29-4)11-9-13)19-24-12-15(23)20(26)25-19/h8-12,16-18H,5-7H2,1-4H3,(H,24,25,26). The number of benzene rings is 1. The molecule has 32 heavy (non-hydrogen) atoms. The number of carbonyl (C=O) groups is 2. The number of carbonyl (C=O) groups excluding carboxylic acids is 2. The molecule has 2 rings (SSSR count). The van der Waals surface area contributed by atoms with Crippen LogP contribution in [0.3, 0.4) is 0 Å². The predicted octanol–water partition coefficient (Wildman–Crippen LogP) is 2.20. The van der Waals surface area contributed by atoms with Gasteiger partial charge in [-0.3, -0.25) is 14.4 Å². The van der Waals surface area contributed by atoms with Crippen LogP contribution in [0.5, 0.6) is 5.75 Å². The van der Waals surface area contributed by atoms with Gasteiger partial charge in [0.25, 0.3) is 5.56 Å². The van der Waals surface area contributed by atoms with Crippen molar-refractivity contribution in [3.8, 4) is 5.75 Å². The number of nitrogens with zero attached hydrogens (tertiary/aromatic N) is 1. The zero-order chi connectivity index (χ0) is 23.7. The first-order chi connectivity index (χ1) is 15.4. The summed E-state index contributed by atoms with van der Waals surface area (Å²) in [4.78, 5) is 44.0. The zero-order valence-electron chi connectivity index (χ0n) is 18.4. The maximum absolute atomic E-state index is 13.6. The van der Waals surface area contributed by atoms with Crippen molar-refractivity contribution in [1.82, 2.24) is 9.97 Å². The molecule has 1 aromatic heterocycles. The van der Waals surface area contributed by atoms with Crippen LogP contribution in [0.4, 0.5) is 4.39 Å². The summed E-state index contributed by atoms with van der Waals surface area (Å²) in [6.07, 6.45) is -0.391. The topological polar surface area (TPSA) is 117 Å². The Labute approximate surface area is 184 Å². The highest BCUT2D eigenvalue weighted by Gasteiger charge is 2.44. The van der Waals surface area contributed by atoms with Crippen molar-refractivity contribution in [2.75, 3.05) is 26.9 Å². The maximum atomic E-state index is 13.6. The molecule has 0 aliphatic carbocycles. The minimum atomic E-state index is -1.47. The number of halogens is 1. The van der Waals surface area contributed by atoms with Crippen LogP contribution in [-0.2, 0) is 23.8 Å². The van der Waals surface area contributed by atoms with Gasteiger partial charge in [0.1, 0.15) is 11.6 Å². The molecule has 2 atom stereocenters. The van der Waals surface area contributed by atoms with Crippen molar-refractivity contribution in [2.45, 2.75) is 32.8 Å². The maximum Gasteiger partial charge on any atom is 0.323 e. The number of H-pyrrole nitrogens is 1. The van der Waals surface area contributed by atoms with Crippen molar-refractivity contribution in [2.24, 2.45) is 5.92 Å². The second kappa shape index (κ2) is 11.9. The summed E-state index contributed by atoms with van der Waals surface area (Å²) in [6.45, 7) is 5.09. The molecule has 0 bridgehead atoms. The third-order valence-corrected chi connectivity index (χ3v) is 4.64. The zero-order valence-corrected chi connectivity index (χ0v) is 18.4. The summed E-state index contributed by atoms with van der Waals surface area (Å²) >= 11 is 0. The fourth-order valence-electron chi connectivity index (χ4n) is 3.27. The van der Waals surface area contributed by atoms with Gasteiger partial charge in [-0.25, -0.2) is 4.98 Å². The van der Waals surface area contributed by atoms with Gasteiger partial charge in [0.2, 0.25) is 5.82 Å². The van der Waals surface area contributed by atoms with Crippen LogP contribution in [0.1, 0.15) is 38.1 Å². The van der Waals surface area contributed by atoms with E-state index in [1.165, 1.54) is 7.11 Å². The van der Waals surface area contributed by atoms with E-state index in [-0.39, 0.29) is 25.6 Å². The molecular formula is C22H27FN2O7. The second-order valence-electron chi connectivity index (χ2n) is 6.60. The van der Waals surface area contributed by atoms with E-state index in [0.717, 1.165) is 6.20 Å². The summed E-state index contributed by atoms with van der Waals surface area (Å²) < 4.78 is 34.9. The molecule has 0 aliphatic heterocycles. The molecule has 0 amide bonds. The van der Waals surface area contributed by atoms with Crippen molar-refractivity contribution < 1.29 is 32.9 Å². The lowest BCUT2D eigenvalue weighted by atomic mass is 9.84. The molecule has 0 saturated carbocycles. The molecular weight excluding hydrogens is 423 g/mol. The summed E-state index contributed by atoms with van der Waals surface area (Å²) in [6, 6.07) is 6.67. The summed E-state index contributed by atoms with van der Waals surface area (Å²) in [5.41, 5.74) is -0.454. The first-order valence-corrected chi connectivity index (χ1v) is 10.2. The van der Waals surface area contributed by atoms with Crippen LogP contribution in [-0.4, -0.2) is 54.9 Å². The Hall–Kier alpha value is -3.27. The molecule has 2 unspecified atom stereocenters. The SMILES string of the molecule is CCOC(=O)C(C(=O)OCC)C(OCC)C(c1ccc(OC)cc1)c1ncc(F)c(=O)[nH]1. The Kier molecular flexibility index (Phi) is 9.33. The lowest BCUT2D eigenvalue weighted by molar-refractivity contribution is -0.169. The lowest BCUT2D eigenvalue weighted by Gasteiger charge is -2.31. The molecule has 0 saturated heterocycles. The number of hydrogen-bond donors (Lipinski definition) is 1. The monoisotopic (exact) mass is 450 g/mol. The van der Waals surface area contributed by atoms with E-state index in [9.17, 15) is 18.8 Å². The van der Waals surface area contributed by atoms with Crippen LogP contribution < -0.4 is 10.3 Å². The van der Waals surface area contributed by atoms with Gasteiger partial charge in [-0.1, -0.05) is 12.1 Å². The molecule has 0 spiro atoms. The first kappa shape index (κ1) is 25.0. The van der Waals surface area contributed by atoms with Crippen LogP contribution in [0, 0.1) is 11.7 Å². The predicted molar refractivity (Wildman–Crippen MR) is 112 cm³/mol. The van der Waals surface area contributed by atoms with Crippen LogP contribution in [0.25, 0.3) is 0 Å². The third-order valence-electron chi connectivity index (χ3n) is 4.64.